The van der Waals surface area contributed by atoms with Gasteiger partial charge in [-0.05, 0) is 12.5 Å². The molecule has 7 heteroatoms. The Balaban J connectivity index is 1.54. The number of hydrogen-bond donors (Lipinski definition) is 0. The summed E-state index contributed by atoms with van der Waals surface area (Å²) < 4.78 is 11.0. The maximum Gasteiger partial charge on any atom is 0.236 e. The Morgan fingerprint density at radius 1 is 1.22 bits per heavy atom. The van der Waals surface area contributed by atoms with E-state index in [9.17, 15) is 4.79 Å². The molecule has 0 N–H and O–H groups in total. The third kappa shape index (κ3) is 4.95. The van der Waals surface area contributed by atoms with Crippen molar-refractivity contribution in [2.75, 3.05) is 59.2 Å². The van der Waals surface area contributed by atoms with Gasteiger partial charge in [0.05, 0.1) is 33.0 Å². The van der Waals surface area contributed by atoms with Crippen LogP contribution in [0.3, 0.4) is 0 Å². The van der Waals surface area contributed by atoms with Crippen molar-refractivity contribution in [2.24, 2.45) is 5.92 Å². The zero-order valence-corrected chi connectivity index (χ0v) is 13.4. The van der Waals surface area contributed by atoms with E-state index in [1.807, 2.05) is 11.0 Å². The van der Waals surface area contributed by atoms with E-state index in [0.29, 0.717) is 39.5 Å². The molecule has 0 spiro atoms. The van der Waals surface area contributed by atoms with Crippen LogP contribution in [0.4, 0.5) is 0 Å². The van der Waals surface area contributed by atoms with E-state index in [0.717, 1.165) is 31.7 Å². The fourth-order valence-electron chi connectivity index (χ4n) is 3.02. The van der Waals surface area contributed by atoms with E-state index in [2.05, 4.69) is 14.9 Å². The fraction of sp³-hybridized carbons (Fsp3) is 0.688. The second kappa shape index (κ2) is 8.33. The van der Waals surface area contributed by atoms with E-state index in [1.54, 1.807) is 12.5 Å². The monoisotopic (exact) mass is 320 g/mol. The second-order valence-corrected chi connectivity index (χ2v) is 6.07. The van der Waals surface area contributed by atoms with Gasteiger partial charge in [0.2, 0.25) is 5.91 Å². The molecule has 2 aliphatic heterocycles. The molecule has 0 saturated carbocycles. The summed E-state index contributed by atoms with van der Waals surface area (Å²) in [4.78, 5) is 24.9. The van der Waals surface area contributed by atoms with E-state index < -0.39 is 0 Å². The van der Waals surface area contributed by atoms with Gasteiger partial charge in [-0.15, -0.1) is 0 Å². The van der Waals surface area contributed by atoms with Crippen molar-refractivity contribution in [1.29, 1.82) is 0 Å². The molecule has 0 unspecified atom stereocenters. The van der Waals surface area contributed by atoms with Crippen LogP contribution >= 0.6 is 0 Å². The summed E-state index contributed by atoms with van der Waals surface area (Å²) in [6.07, 6.45) is 4.12. The molecule has 2 fully saturated rings. The summed E-state index contributed by atoms with van der Waals surface area (Å²) >= 11 is 0. The largest absolute Gasteiger partial charge is 0.379 e. The van der Waals surface area contributed by atoms with Gasteiger partial charge in [0.15, 0.2) is 0 Å². The van der Waals surface area contributed by atoms with Crippen molar-refractivity contribution in [3.8, 4) is 0 Å². The summed E-state index contributed by atoms with van der Waals surface area (Å²) in [5, 5.41) is 0. The van der Waals surface area contributed by atoms with Crippen molar-refractivity contribution in [2.45, 2.75) is 6.42 Å². The first-order valence-electron chi connectivity index (χ1n) is 8.22. The van der Waals surface area contributed by atoms with Gasteiger partial charge >= 0.3 is 0 Å². The quantitative estimate of drug-likeness (QED) is 0.767. The molecule has 1 aromatic heterocycles. The lowest BCUT2D eigenvalue weighted by atomic mass is 10.0. The van der Waals surface area contributed by atoms with Crippen LogP contribution in [0.5, 0.6) is 0 Å². The summed E-state index contributed by atoms with van der Waals surface area (Å²) in [7, 11) is 0. The van der Waals surface area contributed by atoms with Gasteiger partial charge in [-0.1, -0.05) is 0 Å². The maximum absolute atomic E-state index is 12.6. The summed E-state index contributed by atoms with van der Waals surface area (Å²) in [5.41, 5.74) is 0.996. The minimum Gasteiger partial charge on any atom is -0.379 e. The number of hydrogen-bond acceptors (Lipinski definition) is 6. The first-order valence-corrected chi connectivity index (χ1v) is 8.22. The van der Waals surface area contributed by atoms with E-state index in [1.165, 1.54) is 0 Å². The van der Waals surface area contributed by atoms with Crippen LogP contribution in [0.25, 0.3) is 0 Å². The molecule has 126 valence electrons. The van der Waals surface area contributed by atoms with Crippen LogP contribution in [0.15, 0.2) is 18.6 Å². The first kappa shape index (κ1) is 16.3. The molecule has 2 aliphatic rings. The Morgan fingerprint density at radius 2 is 2.04 bits per heavy atom. The van der Waals surface area contributed by atoms with Gasteiger partial charge in [0, 0.05) is 44.0 Å². The van der Waals surface area contributed by atoms with Crippen molar-refractivity contribution in [3.63, 3.8) is 0 Å². The molecule has 0 bridgehead atoms. The van der Waals surface area contributed by atoms with E-state index in [4.69, 9.17) is 9.47 Å². The molecule has 7 nitrogen and oxygen atoms in total. The molecule has 1 amide bonds. The number of morpholine rings is 1. The standard InChI is InChI=1S/C16H24N4O3/c21-16(11-19-3-6-22-7-4-19)20-5-8-23-12-14(10-20)9-15-1-2-17-13-18-15/h1-2,13-14H,3-12H2/t14-/m0/s1. The molecule has 2 saturated heterocycles. The molecule has 23 heavy (non-hydrogen) atoms. The number of ether oxygens (including phenoxy) is 2. The van der Waals surface area contributed by atoms with E-state index >= 15 is 0 Å². The summed E-state index contributed by atoms with van der Waals surface area (Å²) in [6, 6.07) is 1.92. The lowest BCUT2D eigenvalue weighted by Crippen LogP contribution is -2.46. The highest BCUT2D eigenvalue weighted by Gasteiger charge is 2.24. The van der Waals surface area contributed by atoms with Crippen molar-refractivity contribution >= 4 is 5.91 Å². The molecule has 3 heterocycles. The lowest BCUT2D eigenvalue weighted by molar-refractivity contribution is -0.133. The Kier molecular flexibility index (Phi) is 5.90. The van der Waals surface area contributed by atoms with Crippen LogP contribution < -0.4 is 0 Å². The Hall–Kier alpha value is -1.57. The van der Waals surface area contributed by atoms with Gasteiger partial charge in [0.25, 0.3) is 0 Å². The Bertz CT molecular complexity index is 493. The smallest absolute Gasteiger partial charge is 0.236 e. The molecule has 0 aliphatic carbocycles. The first-order chi connectivity index (χ1) is 11.3. The maximum atomic E-state index is 12.6. The van der Waals surface area contributed by atoms with Gasteiger partial charge in [0.1, 0.15) is 6.33 Å². The van der Waals surface area contributed by atoms with Gasteiger partial charge in [-0.3, -0.25) is 9.69 Å². The highest BCUT2D eigenvalue weighted by atomic mass is 16.5. The van der Waals surface area contributed by atoms with Gasteiger partial charge < -0.3 is 14.4 Å². The number of carbonyl (C=O) groups is 1. The average molecular weight is 320 g/mol. The van der Waals surface area contributed by atoms with E-state index in [-0.39, 0.29) is 11.8 Å². The number of rotatable bonds is 4. The molecule has 1 aromatic rings. The van der Waals surface area contributed by atoms with Crippen molar-refractivity contribution in [1.82, 2.24) is 19.8 Å². The molecule has 0 aromatic carbocycles. The van der Waals surface area contributed by atoms with Crippen molar-refractivity contribution < 1.29 is 14.3 Å². The highest BCUT2D eigenvalue weighted by Crippen LogP contribution is 2.13. The number of amides is 1. The normalized spacial score (nSPS) is 23.5. The molecular formula is C16H24N4O3. The average Bonchev–Trinajstić information content (AvgIpc) is 2.82. The zero-order valence-electron chi connectivity index (χ0n) is 13.4. The third-order valence-electron chi connectivity index (χ3n) is 4.29. The van der Waals surface area contributed by atoms with Crippen LogP contribution in [0.1, 0.15) is 5.69 Å². The number of carbonyl (C=O) groups excluding carboxylic acids is 1. The molecular weight excluding hydrogens is 296 g/mol. The molecule has 0 radical (unpaired) electrons. The molecule has 1 atom stereocenters. The SMILES string of the molecule is O=C(CN1CCOCC1)N1CCOC[C@@H](Cc2ccncn2)C1. The summed E-state index contributed by atoms with van der Waals surface area (Å²) in [6.45, 7) is 6.25. The highest BCUT2D eigenvalue weighted by molar-refractivity contribution is 5.78. The van der Waals surface area contributed by atoms with Gasteiger partial charge in [-0.25, -0.2) is 9.97 Å². The number of aromatic nitrogens is 2. The minimum absolute atomic E-state index is 0.185. The predicted molar refractivity (Wildman–Crippen MR) is 83.9 cm³/mol. The summed E-state index contributed by atoms with van der Waals surface area (Å²) in [5.74, 6) is 0.464. The topological polar surface area (TPSA) is 67.8 Å². The van der Waals surface area contributed by atoms with Gasteiger partial charge in [-0.2, -0.15) is 0 Å². The third-order valence-corrected chi connectivity index (χ3v) is 4.29. The Labute approximate surface area is 136 Å². The number of nitrogens with zero attached hydrogens (tertiary/aromatic N) is 4. The fourth-order valence-corrected chi connectivity index (χ4v) is 3.02. The lowest BCUT2D eigenvalue weighted by Gasteiger charge is -2.29. The van der Waals surface area contributed by atoms with Crippen LogP contribution in [-0.2, 0) is 20.7 Å². The van der Waals surface area contributed by atoms with Crippen molar-refractivity contribution in [3.05, 3.63) is 24.3 Å². The zero-order chi connectivity index (χ0) is 15.9. The Morgan fingerprint density at radius 3 is 2.83 bits per heavy atom. The van der Waals surface area contributed by atoms with Crippen LogP contribution in [0, 0.1) is 5.92 Å². The second-order valence-electron chi connectivity index (χ2n) is 6.07. The predicted octanol–water partition coefficient (Wildman–Crippen LogP) is -0.174. The minimum atomic E-state index is 0.185. The molecule has 3 rings (SSSR count). The van der Waals surface area contributed by atoms with Crippen LogP contribution in [0.2, 0.25) is 0 Å². The van der Waals surface area contributed by atoms with Crippen LogP contribution in [-0.4, -0.2) is 84.8 Å².